The molecule has 0 spiro atoms. The Hall–Kier alpha value is -3.20. The Morgan fingerprint density at radius 3 is 2.40 bits per heavy atom. The molecule has 208 valence electrons. The van der Waals surface area contributed by atoms with Crippen LogP contribution in [0.15, 0.2) is 72.9 Å². The quantitative estimate of drug-likeness (QED) is 0.267. The maximum Gasteiger partial charge on any atom is 0.251 e. The van der Waals surface area contributed by atoms with Crippen molar-refractivity contribution in [3.8, 4) is 0 Å². The van der Waals surface area contributed by atoms with Gasteiger partial charge in [-0.25, -0.2) is 0 Å². The molecule has 7 nitrogen and oxygen atoms in total. The highest BCUT2D eigenvalue weighted by atomic mass is 35.5. The van der Waals surface area contributed by atoms with Gasteiger partial charge in [-0.05, 0) is 73.1 Å². The monoisotopic (exact) mass is 560 g/mol. The predicted octanol–water partition coefficient (Wildman–Crippen LogP) is 4.48. The summed E-state index contributed by atoms with van der Waals surface area (Å²) in [5.74, 6) is 0.368. The van der Waals surface area contributed by atoms with Crippen molar-refractivity contribution in [3.63, 3.8) is 0 Å². The molecule has 2 heterocycles. The Morgan fingerprint density at radius 2 is 1.70 bits per heavy atom. The normalized spacial score (nSPS) is 24.8. The van der Waals surface area contributed by atoms with E-state index in [0.29, 0.717) is 22.9 Å². The van der Waals surface area contributed by atoms with Gasteiger partial charge in [0.15, 0.2) is 6.23 Å². The number of aliphatic hydroxyl groups excluding tert-OH is 3. The Morgan fingerprint density at radius 1 is 0.975 bits per heavy atom. The van der Waals surface area contributed by atoms with Crippen molar-refractivity contribution in [2.45, 2.75) is 62.7 Å². The molecule has 1 aliphatic carbocycles. The molecule has 1 aliphatic heterocycles. The number of ether oxygens (including phenoxy) is 1. The second-order valence-corrected chi connectivity index (χ2v) is 11.4. The van der Waals surface area contributed by atoms with Gasteiger partial charge in [0.1, 0.15) is 24.4 Å². The molecule has 40 heavy (non-hydrogen) atoms. The summed E-state index contributed by atoms with van der Waals surface area (Å²) in [5, 5.41) is 36.7. The lowest BCUT2D eigenvalue weighted by molar-refractivity contribution is -0.241. The molecule has 2 fully saturated rings. The summed E-state index contributed by atoms with van der Waals surface area (Å²) in [4.78, 5) is 12.7. The van der Waals surface area contributed by atoms with Gasteiger partial charge in [-0.1, -0.05) is 59.6 Å². The number of aromatic nitrogens is 1. The maximum absolute atomic E-state index is 12.7. The lowest BCUT2D eigenvalue weighted by atomic mass is 9.97. The molecule has 1 saturated heterocycles. The lowest BCUT2D eigenvalue weighted by Crippen LogP contribution is -2.58. The van der Waals surface area contributed by atoms with Crippen LogP contribution in [-0.4, -0.2) is 56.8 Å². The molecule has 4 aromatic rings. The van der Waals surface area contributed by atoms with E-state index in [1.807, 2.05) is 43.5 Å². The van der Waals surface area contributed by atoms with Crippen LogP contribution >= 0.6 is 11.6 Å². The fraction of sp³-hybridized carbons (Fsp3) is 0.344. The predicted molar refractivity (Wildman–Crippen MR) is 154 cm³/mol. The van der Waals surface area contributed by atoms with Crippen molar-refractivity contribution in [2.24, 2.45) is 0 Å². The second-order valence-electron chi connectivity index (χ2n) is 11.0. The number of nitrogens with one attached hydrogen (secondary N) is 1. The molecule has 1 amide bonds. The molecule has 0 radical (unpaired) electrons. The minimum Gasteiger partial charge on any atom is -0.388 e. The number of aliphatic hydroxyl groups is 3. The Kier molecular flexibility index (Phi) is 7.42. The van der Waals surface area contributed by atoms with E-state index in [4.69, 9.17) is 16.3 Å². The van der Waals surface area contributed by atoms with Gasteiger partial charge in [-0.3, -0.25) is 4.79 Å². The third-order valence-electron chi connectivity index (χ3n) is 8.05. The Bertz CT molecular complexity index is 1510. The van der Waals surface area contributed by atoms with Gasteiger partial charge in [0.05, 0.1) is 10.5 Å². The molecular weight excluding hydrogens is 528 g/mol. The van der Waals surface area contributed by atoms with Gasteiger partial charge < -0.3 is 29.9 Å². The number of benzene rings is 3. The largest absolute Gasteiger partial charge is 0.388 e. The standard InChI is InChI=1S/C32H33ClN2O5/c1-18-5-9-22(10-6-18)31(39)34-16-26-28(36)29(37)30(38)32(40-26)35-17-23(27-24(33)3-2-4-25(27)35)15-19-7-11-20(12-8-19)21-13-14-21/h2-12,17,21,26,28-30,32,36-38H,13-16H2,1H3,(H,34,39)/t26-,28-,29+,30-,32-/m1/s1. The number of hydrogen-bond donors (Lipinski definition) is 4. The molecule has 1 aromatic heterocycles. The first kappa shape index (κ1) is 27.0. The minimum atomic E-state index is -1.48. The zero-order chi connectivity index (χ0) is 28.0. The van der Waals surface area contributed by atoms with Crippen molar-refractivity contribution in [3.05, 3.63) is 106 Å². The first-order valence-electron chi connectivity index (χ1n) is 13.7. The van der Waals surface area contributed by atoms with Gasteiger partial charge in [-0.2, -0.15) is 0 Å². The Labute approximate surface area is 238 Å². The van der Waals surface area contributed by atoms with E-state index in [1.54, 1.807) is 16.7 Å². The van der Waals surface area contributed by atoms with Crippen molar-refractivity contribution in [1.29, 1.82) is 0 Å². The average Bonchev–Trinajstić information content (AvgIpc) is 3.74. The van der Waals surface area contributed by atoms with Crippen LogP contribution in [0.25, 0.3) is 10.9 Å². The highest BCUT2D eigenvalue weighted by Crippen LogP contribution is 2.40. The van der Waals surface area contributed by atoms with E-state index in [1.165, 1.54) is 18.4 Å². The van der Waals surface area contributed by atoms with Gasteiger partial charge >= 0.3 is 0 Å². The van der Waals surface area contributed by atoms with Gasteiger partial charge in [0.2, 0.25) is 0 Å². The molecule has 8 heteroatoms. The third kappa shape index (κ3) is 5.28. The number of amides is 1. The van der Waals surface area contributed by atoms with Crippen LogP contribution in [0.3, 0.4) is 0 Å². The first-order valence-corrected chi connectivity index (χ1v) is 14.1. The van der Waals surface area contributed by atoms with E-state index in [-0.39, 0.29) is 12.5 Å². The zero-order valence-corrected chi connectivity index (χ0v) is 23.0. The molecule has 3 aromatic carbocycles. The summed E-state index contributed by atoms with van der Waals surface area (Å²) in [6, 6.07) is 21.4. The summed E-state index contributed by atoms with van der Waals surface area (Å²) in [6.45, 7) is 1.89. The smallest absolute Gasteiger partial charge is 0.251 e. The summed E-state index contributed by atoms with van der Waals surface area (Å²) in [5.41, 5.74) is 5.73. The number of hydrogen-bond acceptors (Lipinski definition) is 5. The van der Waals surface area contributed by atoms with Crippen LogP contribution in [-0.2, 0) is 11.2 Å². The molecule has 0 unspecified atom stereocenters. The number of carbonyl (C=O) groups excluding carboxylic acids is 1. The van der Waals surface area contributed by atoms with Crippen molar-refractivity contribution < 1.29 is 24.9 Å². The van der Waals surface area contributed by atoms with E-state index in [0.717, 1.165) is 27.6 Å². The van der Waals surface area contributed by atoms with Gasteiger partial charge in [0.25, 0.3) is 5.91 Å². The van der Waals surface area contributed by atoms with Gasteiger partial charge in [0, 0.05) is 23.7 Å². The van der Waals surface area contributed by atoms with E-state index >= 15 is 0 Å². The molecule has 2 aliphatic rings. The maximum atomic E-state index is 12.7. The number of rotatable bonds is 7. The topological polar surface area (TPSA) is 104 Å². The SMILES string of the molecule is Cc1ccc(C(=O)NC[C@H]2O[C@@H](n3cc(Cc4ccc(C5CC5)cc4)c4c(Cl)cccc43)[C@H](O)[C@@H](O)[C@@H]2O)cc1. The fourth-order valence-corrected chi connectivity index (χ4v) is 5.86. The summed E-state index contributed by atoms with van der Waals surface area (Å²) in [7, 11) is 0. The van der Waals surface area contributed by atoms with E-state index in [2.05, 4.69) is 29.6 Å². The van der Waals surface area contributed by atoms with Crippen LogP contribution < -0.4 is 5.32 Å². The van der Waals surface area contributed by atoms with Crippen LogP contribution in [0.5, 0.6) is 0 Å². The molecule has 5 atom stereocenters. The van der Waals surface area contributed by atoms with E-state index in [9.17, 15) is 20.1 Å². The van der Waals surface area contributed by atoms with Crippen molar-refractivity contribution in [2.75, 3.05) is 6.54 Å². The van der Waals surface area contributed by atoms with Crippen molar-refractivity contribution >= 4 is 28.4 Å². The van der Waals surface area contributed by atoms with Crippen LogP contribution in [0.2, 0.25) is 5.02 Å². The highest BCUT2D eigenvalue weighted by Gasteiger charge is 2.45. The molecule has 4 N–H and O–H groups in total. The summed E-state index contributed by atoms with van der Waals surface area (Å²) < 4.78 is 7.95. The van der Waals surface area contributed by atoms with Crippen LogP contribution in [0.1, 0.15) is 57.6 Å². The third-order valence-corrected chi connectivity index (χ3v) is 8.36. The number of aryl methyl sites for hydroxylation is 1. The number of fused-ring (bicyclic) bond motifs is 1. The van der Waals surface area contributed by atoms with Crippen LogP contribution in [0.4, 0.5) is 0 Å². The molecule has 6 rings (SSSR count). The number of halogens is 1. The molecule has 1 saturated carbocycles. The summed E-state index contributed by atoms with van der Waals surface area (Å²) in [6.07, 6.45) is -1.20. The lowest BCUT2D eigenvalue weighted by Gasteiger charge is -2.41. The molecule has 0 bridgehead atoms. The van der Waals surface area contributed by atoms with E-state index < -0.39 is 30.6 Å². The highest BCUT2D eigenvalue weighted by molar-refractivity contribution is 6.35. The summed E-state index contributed by atoms with van der Waals surface area (Å²) >= 11 is 6.67. The van der Waals surface area contributed by atoms with Crippen molar-refractivity contribution in [1.82, 2.24) is 9.88 Å². The van der Waals surface area contributed by atoms with Crippen LogP contribution in [0, 0.1) is 6.92 Å². The molecular formula is C32H33ClN2O5. The first-order chi connectivity index (χ1) is 19.3. The fourth-order valence-electron chi connectivity index (χ4n) is 5.57. The second kappa shape index (κ2) is 11.0. The van der Waals surface area contributed by atoms with Gasteiger partial charge in [-0.15, -0.1) is 0 Å². The minimum absolute atomic E-state index is 0.0473. The zero-order valence-electron chi connectivity index (χ0n) is 22.2. The Balaban J connectivity index is 1.26. The number of carbonyl (C=O) groups is 1. The average molecular weight is 561 g/mol. The number of nitrogens with zero attached hydrogens (tertiary/aromatic N) is 1.